The number of ether oxygens (including phenoxy) is 2. The van der Waals surface area contributed by atoms with Crippen LogP contribution in [0.2, 0.25) is 0 Å². The van der Waals surface area contributed by atoms with Crippen molar-refractivity contribution in [1.29, 1.82) is 0 Å². The lowest BCUT2D eigenvalue weighted by atomic mass is 9.85. The van der Waals surface area contributed by atoms with Crippen LogP contribution < -0.4 is 9.47 Å². The Morgan fingerprint density at radius 2 is 1.58 bits per heavy atom. The largest absolute Gasteiger partial charge is 0.493 e. The van der Waals surface area contributed by atoms with Crippen molar-refractivity contribution in [3.05, 3.63) is 59.7 Å². The molecule has 2 aromatic carbocycles. The lowest BCUT2D eigenvalue weighted by Gasteiger charge is -2.24. The van der Waals surface area contributed by atoms with Crippen LogP contribution in [0.25, 0.3) is 0 Å². The van der Waals surface area contributed by atoms with Gasteiger partial charge in [-0.25, -0.2) is 0 Å². The molecule has 4 nitrogen and oxygen atoms in total. The molecule has 2 rings (SSSR count). The van der Waals surface area contributed by atoms with E-state index in [0.29, 0.717) is 11.5 Å². The van der Waals surface area contributed by atoms with E-state index in [9.17, 15) is 5.11 Å². The Morgan fingerprint density at radius 1 is 0.875 bits per heavy atom. The lowest BCUT2D eigenvalue weighted by molar-refractivity contribution is 0.137. The minimum atomic E-state index is -0.608. The van der Waals surface area contributed by atoms with E-state index in [0.717, 1.165) is 30.4 Å². The van der Waals surface area contributed by atoms with Crippen molar-refractivity contribution >= 4 is 0 Å². The number of unbranched alkanes of at least 4 members (excludes halogenated alkanes) is 1. The van der Waals surface area contributed by atoms with Crippen molar-refractivity contribution in [3.8, 4) is 11.5 Å². The Hall–Kier alpha value is -2.04. The van der Waals surface area contributed by atoms with Gasteiger partial charge in [0, 0.05) is 12.5 Å². The second kappa shape index (κ2) is 9.30. The Labute approximate surface area is 143 Å². The zero-order chi connectivity index (χ0) is 17.4. The normalized spacial score (nSPS) is 13.3. The van der Waals surface area contributed by atoms with Crippen LogP contribution in [0.1, 0.15) is 42.4 Å². The summed E-state index contributed by atoms with van der Waals surface area (Å²) in [5.41, 5.74) is 1.89. The molecule has 0 spiro atoms. The maximum absolute atomic E-state index is 10.9. The topological polar surface area (TPSA) is 58.9 Å². The van der Waals surface area contributed by atoms with Gasteiger partial charge >= 0.3 is 0 Å². The number of aliphatic hydroxyl groups is 2. The van der Waals surface area contributed by atoms with Crippen molar-refractivity contribution in [1.82, 2.24) is 0 Å². The van der Waals surface area contributed by atoms with Crippen LogP contribution >= 0.6 is 0 Å². The van der Waals surface area contributed by atoms with E-state index in [2.05, 4.69) is 0 Å². The predicted octanol–water partition coefficient (Wildman–Crippen LogP) is 3.68. The Morgan fingerprint density at radius 3 is 2.21 bits per heavy atom. The molecule has 0 radical (unpaired) electrons. The van der Waals surface area contributed by atoms with E-state index in [-0.39, 0.29) is 12.5 Å². The summed E-state index contributed by atoms with van der Waals surface area (Å²) in [6, 6.07) is 15.4. The molecule has 0 saturated carbocycles. The molecule has 0 saturated heterocycles. The first-order valence-electron chi connectivity index (χ1n) is 8.27. The molecule has 4 heteroatoms. The molecule has 24 heavy (non-hydrogen) atoms. The van der Waals surface area contributed by atoms with Crippen LogP contribution in [0, 0.1) is 0 Å². The van der Waals surface area contributed by atoms with Crippen LogP contribution in [0.4, 0.5) is 0 Å². The molecule has 0 aliphatic heterocycles. The van der Waals surface area contributed by atoms with Crippen LogP contribution in [-0.4, -0.2) is 31.0 Å². The van der Waals surface area contributed by atoms with Crippen molar-refractivity contribution in [2.24, 2.45) is 0 Å². The number of hydrogen-bond donors (Lipinski definition) is 2. The highest BCUT2D eigenvalue weighted by Crippen LogP contribution is 2.38. The van der Waals surface area contributed by atoms with Crippen molar-refractivity contribution < 1.29 is 19.7 Å². The summed E-state index contributed by atoms with van der Waals surface area (Å²) >= 11 is 0. The highest BCUT2D eigenvalue weighted by Gasteiger charge is 2.23. The molecule has 2 unspecified atom stereocenters. The zero-order valence-electron chi connectivity index (χ0n) is 14.3. The number of hydrogen-bond acceptors (Lipinski definition) is 4. The fourth-order valence-electron chi connectivity index (χ4n) is 2.95. The average molecular weight is 330 g/mol. The Kier molecular flexibility index (Phi) is 7.09. The summed E-state index contributed by atoms with van der Waals surface area (Å²) in [7, 11) is 3.21. The molecule has 130 valence electrons. The van der Waals surface area contributed by atoms with Gasteiger partial charge in [-0.2, -0.15) is 0 Å². The Bertz CT molecular complexity index is 612. The van der Waals surface area contributed by atoms with Crippen LogP contribution in [0.15, 0.2) is 48.5 Å². The molecule has 2 aromatic rings. The van der Waals surface area contributed by atoms with E-state index >= 15 is 0 Å². The van der Waals surface area contributed by atoms with Crippen molar-refractivity contribution in [3.63, 3.8) is 0 Å². The predicted molar refractivity (Wildman–Crippen MR) is 94.6 cm³/mol. The fourth-order valence-corrected chi connectivity index (χ4v) is 2.95. The number of rotatable bonds is 9. The smallest absolute Gasteiger partial charge is 0.160 e. The summed E-state index contributed by atoms with van der Waals surface area (Å²) in [5.74, 6) is 1.26. The average Bonchev–Trinajstić information content (AvgIpc) is 2.65. The van der Waals surface area contributed by atoms with Crippen molar-refractivity contribution in [2.75, 3.05) is 20.8 Å². The second-order valence-corrected chi connectivity index (χ2v) is 5.80. The summed E-state index contributed by atoms with van der Waals surface area (Å²) in [6.07, 6.45) is 1.75. The quantitative estimate of drug-likeness (QED) is 0.689. The molecular weight excluding hydrogens is 304 g/mol. The van der Waals surface area contributed by atoms with Gasteiger partial charge in [0.1, 0.15) is 0 Å². The molecule has 2 atom stereocenters. The maximum atomic E-state index is 10.9. The zero-order valence-corrected chi connectivity index (χ0v) is 14.3. The fraction of sp³-hybridized carbons (Fsp3) is 0.400. The summed E-state index contributed by atoms with van der Waals surface area (Å²) < 4.78 is 10.7. The highest BCUT2D eigenvalue weighted by atomic mass is 16.5. The van der Waals surface area contributed by atoms with Crippen molar-refractivity contribution in [2.45, 2.75) is 31.3 Å². The van der Waals surface area contributed by atoms with Crippen LogP contribution in [-0.2, 0) is 0 Å². The molecule has 0 aromatic heterocycles. The first-order chi connectivity index (χ1) is 11.7. The molecular formula is C20H26O4. The molecule has 0 amide bonds. The van der Waals surface area contributed by atoms with E-state index in [4.69, 9.17) is 14.6 Å². The molecule has 0 bridgehead atoms. The Balaban J connectivity index is 2.31. The third-order valence-electron chi connectivity index (χ3n) is 4.28. The van der Waals surface area contributed by atoms with Gasteiger partial charge in [0.15, 0.2) is 11.5 Å². The molecule has 2 N–H and O–H groups in total. The minimum Gasteiger partial charge on any atom is -0.493 e. The maximum Gasteiger partial charge on any atom is 0.160 e. The van der Waals surface area contributed by atoms with Gasteiger partial charge in [0.25, 0.3) is 0 Å². The van der Waals surface area contributed by atoms with Gasteiger partial charge in [-0.05, 0) is 36.1 Å². The summed E-state index contributed by atoms with van der Waals surface area (Å²) in [5, 5.41) is 19.9. The summed E-state index contributed by atoms with van der Waals surface area (Å²) in [6.45, 7) is 0.167. The minimum absolute atomic E-state index is 0.0706. The first-order valence-corrected chi connectivity index (χ1v) is 8.27. The van der Waals surface area contributed by atoms with E-state index < -0.39 is 6.10 Å². The third kappa shape index (κ3) is 4.49. The first kappa shape index (κ1) is 18.3. The van der Waals surface area contributed by atoms with Gasteiger partial charge in [-0.1, -0.05) is 42.8 Å². The second-order valence-electron chi connectivity index (χ2n) is 5.80. The van der Waals surface area contributed by atoms with Gasteiger partial charge in [-0.15, -0.1) is 0 Å². The standard InChI is InChI=1S/C20H26O4/c1-23-18-12-11-16(14-19(18)24-2)17(10-6-7-13-21)20(22)15-8-4-3-5-9-15/h3-5,8-9,11-12,14,17,20-22H,6-7,10,13H2,1-2H3. The van der Waals surface area contributed by atoms with E-state index in [1.54, 1.807) is 14.2 Å². The molecule has 0 heterocycles. The van der Waals surface area contributed by atoms with Crippen LogP contribution in [0.5, 0.6) is 11.5 Å². The van der Waals surface area contributed by atoms with Gasteiger partial charge < -0.3 is 19.7 Å². The third-order valence-corrected chi connectivity index (χ3v) is 4.28. The highest BCUT2D eigenvalue weighted by molar-refractivity contribution is 5.44. The number of benzene rings is 2. The van der Waals surface area contributed by atoms with Gasteiger partial charge in [-0.3, -0.25) is 0 Å². The molecule has 0 aliphatic rings. The van der Waals surface area contributed by atoms with Gasteiger partial charge in [0.05, 0.1) is 20.3 Å². The number of aliphatic hydroxyl groups excluding tert-OH is 2. The van der Waals surface area contributed by atoms with Crippen LogP contribution in [0.3, 0.4) is 0 Å². The van der Waals surface area contributed by atoms with Gasteiger partial charge in [0.2, 0.25) is 0 Å². The summed E-state index contributed by atoms with van der Waals surface area (Å²) in [4.78, 5) is 0. The monoisotopic (exact) mass is 330 g/mol. The SMILES string of the molecule is COc1ccc(C(CCCCO)C(O)c2ccccc2)cc1OC. The molecule has 0 aliphatic carbocycles. The van der Waals surface area contributed by atoms with E-state index in [1.165, 1.54) is 0 Å². The lowest BCUT2D eigenvalue weighted by Crippen LogP contribution is -2.12. The van der Waals surface area contributed by atoms with E-state index in [1.807, 2.05) is 48.5 Å². The molecule has 0 fully saturated rings. The number of methoxy groups -OCH3 is 2.